The third-order valence-electron chi connectivity index (χ3n) is 4.94. The highest BCUT2D eigenvalue weighted by atomic mass is 16.5. The highest BCUT2D eigenvalue weighted by Crippen LogP contribution is 2.46. The Kier molecular flexibility index (Phi) is 5.82. The highest BCUT2D eigenvalue weighted by molar-refractivity contribution is 5.70. The van der Waals surface area contributed by atoms with E-state index in [-0.39, 0.29) is 17.3 Å². The van der Waals surface area contributed by atoms with Gasteiger partial charge in [0.15, 0.2) is 0 Å². The van der Waals surface area contributed by atoms with Crippen molar-refractivity contribution < 1.29 is 19.0 Å². The molecule has 1 fully saturated rings. The first-order valence-electron chi connectivity index (χ1n) is 9.08. The van der Waals surface area contributed by atoms with Crippen molar-refractivity contribution in [2.24, 2.45) is 5.41 Å². The average Bonchev–Trinajstić information content (AvgIpc) is 3.46. The van der Waals surface area contributed by atoms with Gasteiger partial charge in [-0.15, -0.1) is 0 Å². The molecule has 0 aliphatic heterocycles. The Morgan fingerprint density at radius 1 is 0.962 bits per heavy atom. The van der Waals surface area contributed by atoms with Crippen LogP contribution in [-0.4, -0.2) is 26.3 Å². The van der Waals surface area contributed by atoms with Gasteiger partial charge in [-0.3, -0.25) is 4.79 Å². The smallest absolute Gasteiger partial charge is 0.306 e. The summed E-state index contributed by atoms with van der Waals surface area (Å²) in [5.41, 5.74) is 1.24. The molecule has 2 aromatic carbocycles. The molecule has 26 heavy (non-hydrogen) atoms. The fraction of sp³-hybridized carbons (Fsp3) is 0.409. The van der Waals surface area contributed by atoms with Crippen LogP contribution in [0.2, 0.25) is 0 Å². The molecule has 4 nitrogen and oxygen atoms in total. The van der Waals surface area contributed by atoms with E-state index in [0.717, 1.165) is 29.9 Å². The number of esters is 1. The number of carbonyl (C=O) groups excluding carboxylic acids is 1. The lowest BCUT2D eigenvalue weighted by atomic mass is 9.98. The lowest BCUT2D eigenvalue weighted by Crippen LogP contribution is -2.21. The summed E-state index contributed by atoms with van der Waals surface area (Å²) in [5, 5.41) is 0. The lowest BCUT2D eigenvalue weighted by Gasteiger charge is -2.18. The number of benzene rings is 2. The third kappa shape index (κ3) is 5.01. The molecule has 0 N–H and O–H groups in total. The van der Waals surface area contributed by atoms with Crippen LogP contribution >= 0.6 is 0 Å². The van der Waals surface area contributed by atoms with Crippen molar-refractivity contribution in [2.45, 2.75) is 32.1 Å². The van der Waals surface area contributed by atoms with Crippen molar-refractivity contribution in [1.29, 1.82) is 0 Å². The van der Waals surface area contributed by atoms with Crippen molar-refractivity contribution in [3.8, 4) is 11.5 Å². The van der Waals surface area contributed by atoms with Gasteiger partial charge < -0.3 is 14.2 Å². The van der Waals surface area contributed by atoms with E-state index >= 15 is 0 Å². The first-order valence-corrected chi connectivity index (χ1v) is 9.08. The van der Waals surface area contributed by atoms with Crippen LogP contribution in [0.4, 0.5) is 0 Å². The van der Waals surface area contributed by atoms with Crippen molar-refractivity contribution >= 4 is 5.97 Å². The van der Waals surface area contributed by atoms with E-state index in [4.69, 9.17) is 14.2 Å². The lowest BCUT2D eigenvalue weighted by molar-refractivity contribution is -0.140. The summed E-state index contributed by atoms with van der Waals surface area (Å²) >= 11 is 0. The van der Waals surface area contributed by atoms with E-state index in [2.05, 4.69) is 0 Å². The number of hydrogen-bond donors (Lipinski definition) is 0. The minimum atomic E-state index is -0.188. The number of carbonyl (C=O) groups is 1. The molecule has 0 spiro atoms. The molecule has 1 aliphatic carbocycles. The Labute approximate surface area is 155 Å². The first kappa shape index (κ1) is 18.3. The summed E-state index contributed by atoms with van der Waals surface area (Å²) in [6, 6.07) is 17.9. The predicted molar refractivity (Wildman–Crippen MR) is 101 cm³/mol. The number of rotatable bonds is 9. The Hall–Kier alpha value is -2.49. The second-order valence-electron chi connectivity index (χ2n) is 7.14. The van der Waals surface area contributed by atoms with Crippen LogP contribution in [0.1, 0.15) is 37.7 Å². The van der Waals surface area contributed by atoms with E-state index < -0.39 is 0 Å². The number of methoxy groups -OCH3 is 1. The minimum absolute atomic E-state index is 0.130. The summed E-state index contributed by atoms with van der Waals surface area (Å²) in [5.74, 6) is 1.70. The standard InChI is InChI=1S/C22H26O4/c1-17(14-21(23)24-2)18-8-10-20(11-9-18)26-16-22(12-13-22)15-25-19-6-4-3-5-7-19/h3-11,17H,12-16H2,1-2H3. The molecule has 1 saturated carbocycles. The van der Waals surface area contributed by atoms with E-state index in [0.29, 0.717) is 19.6 Å². The molecular formula is C22H26O4. The Morgan fingerprint density at radius 3 is 2.08 bits per heavy atom. The predicted octanol–water partition coefficient (Wildman–Crippen LogP) is 4.59. The molecule has 4 heteroatoms. The third-order valence-corrected chi connectivity index (χ3v) is 4.94. The summed E-state index contributed by atoms with van der Waals surface area (Å²) in [4.78, 5) is 11.4. The van der Waals surface area contributed by atoms with Crippen LogP contribution in [0.5, 0.6) is 11.5 Å². The topological polar surface area (TPSA) is 44.8 Å². The molecular weight excluding hydrogens is 328 g/mol. The molecule has 0 aromatic heterocycles. The molecule has 0 radical (unpaired) electrons. The zero-order valence-electron chi connectivity index (χ0n) is 15.4. The van der Waals surface area contributed by atoms with Gasteiger partial charge in [0, 0.05) is 5.41 Å². The first-order chi connectivity index (χ1) is 12.6. The SMILES string of the molecule is COC(=O)CC(C)c1ccc(OCC2(COc3ccccc3)CC2)cc1. The van der Waals surface area contributed by atoms with Crippen molar-refractivity contribution in [1.82, 2.24) is 0 Å². The molecule has 0 amide bonds. The fourth-order valence-electron chi connectivity index (χ4n) is 2.84. The van der Waals surface area contributed by atoms with Crippen molar-refractivity contribution in [2.75, 3.05) is 20.3 Å². The quantitative estimate of drug-likeness (QED) is 0.618. The molecule has 0 saturated heterocycles. The summed E-state index contributed by atoms with van der Waals surface area (Å²) in [6.07, 6.45) is 2.65. The van der Waals surface area contributed by atoms with E-state index in [1.54, 1.807) is 0 Å². The van der Waals surface area contributed by atoms with Gasteiger partial charge in [0.1, 0.15) is 11.5 Å². The maximum Gasteiger partial charge on any atom is 0.306 e. The molecule has 138 valence electrons. The van der Waals surface area contributed by atoms with Gasteiger partial charge in [-0.1, -0.05) is 37.3 Å². The van der Waals surface area contributed by atoms with Gasteiger partial charge in [0.2, 0.25) is 0 Å². The molecule has 1 unspecified atom stereocenters. The maximum atomic E-state index is 11.4. The number of ether oxygens (including phenoxy) is 3. The molecule has 0 bridgehead atoms. The zero-order valence-corrected chi connectivity index (χ0v) is 15.4. The molecule has 0 heterocycles. The summed E-state index contributed by atoms with van der Waals surface area (Å²) < 4.78 is 16.6. The number of para-hydroxylation sites is 1. The molecule has 1 aliphatic rings. The fourth-order valence-corrected chi connectivity index (χ4v) is 2.84. The van der Waals surface area contributed by atoms with E-state index in [1.165, 1.54) is 7.11 Å². The Morgan fingerprint density at radius 2 is 1.54 bits per heavy atom. The van der Waals surface area contributed by atoms with Crippen molar-refractivity contribution in [3.05, 3.63) is 60.2 Å². The Bertz CT molecular complexity index is 705. The monoisotopic (exact) mass is 354 g/mol. The second kappa shape index (κ2) is 8.26. The molecule has 3 rings (SSSR count). The minimum Gasteiger partial charge on any atom is -0.493 e. The van der Waals surface area contributed by atoms with Crippen molar-refractivity contribution in [3.63, 3.8) is 0 Å². The van der Waals surface area contributed by atoms with Gasteiger partial charge >= 0.3 is 5.97 Å². The van der Waals surface area contributed by atoms with Gasteiger partial charge in [0.25, 0.3) is 0 Å². The van der Waals surface area contributed by atoms with Gasteiger partial charge in [-0.05, 0) is 48.6 Å². The largest absolute Gasteiger partial charge is 0.493 e. The summed E-state index contributed by atoms with van der Waals surface area (Å²) in [6.45, 7) is 3.37. The van der Waals surface area contributed by atoms with Crippen LogP contribution < -0.4 is 9.47 Å². The highest BCUT2D eigenvalue weighted by Gasteiger charge is 2.44. The zero-order chi connectivity index (χ0) is 18.4. The molecule has 1 atom stereocenters. The van der Waals surface area contributed by atoms with Crippen LogP contribution in [0.3, 0.4) is 0 Å². The van der Waals surface area contributed by atoms with Crippen LogP contribution in [0, 0.1) is 5.41 Å². The van der Waals surface area contributed by atoms with Crippen LogP contribution in [0.15, 0.2) is 54.6 Å². The van der Waals surface area contributed by atoms with Crippen LogP contribution in [-0.2, 0) is 9.53 Å². The summed E-state index contributed by atoms with van der Waals surface area (Å²) in [7, 11) is 1.42. The maximum absolute atomic E-state index is 11.4. The van der Waals surface area contributed by atoms with E-state index in [1.807, 2.05) is 61.5 Å². The number of hydrogen-bond acceptors (Lipinski definition) is 4. The van der Waals surface area contributed by atoms with E-state index in [9.17, 15) is 4.79 Å². The second-order valence-corrected chi connectivity index (χ2v) is 7.14. The normalized spacial score (nSPS) is 15.8. The van der Waals surface area contributed by atoms with Gasteiger partial charge in [-0.2, -0.15) is 0 Å². The van der Waals surface area contributed by atoms with Crippen LogP contribution in [0.25, 0.3) is 0 Å². The Balaban J connectivity index is 1.48. The van der Waals surface area contributed by atoms with Gasteiger partial charge in [0.05, 0.1) is 26.7 Å². The molecule has 2 aromatic rings. The van der Waals surface area contributed by atoms with Gasteiger partial charge in [-0.25, -0.2) is 0 Å². The average molecular weight is 354 g/mol.